The van der Waals surface area contributed by atoms with Crippen molar-refractivity contribution in [3.63, 3.8) is 0 Å². The molecule has 2 bridgehead atoms. The van der Waals surface area contributed by atoms with Gasteiger partial charge in [0.15, 0.2) is 0 Å². The Labute approximate surface area is 106 Å². The molecule has 0 radical (unpaired) electrons. The summed E-state index contributed by atoms with van der Waals surface area (Å²) in [6.45, 7) is 12.1. The smallest absolute Gasteiger partial charge is 0.0153 e. The molecule has 0 aromatic heterocycles. The van der Waals surface area contributed by atoms with Crippen LogP contribution in [0.15, 0.2) is 60.3 Å². The fraction of sp³-hybridized carbons (Fsp3) is 0.412. The Morgan fingerprint density at radius 2 is 1.82 bits per heavy atom. The largest absolute Gasteiger partial charge is 0.0955 e. The van der Waals surface area contributed by atoms with E-state index in [0.717, 1.165) is 31.3 Å². The molecule has 2 aliphatic carbocycles. The molecule has 92 valence electrons. The highest BCUT2D eigenvalue weighted by atomic mass is 14.2. The average molecular weight is 228 g/mol. The van der Waals surface area contributed by atoms with Gasteiger partial charge in [-0.05, 0) is 42.7 Å². The molecule has 1 atom stereocenters. The second kappa shape index (κ2) is 7.11. The SMILES string of the molecule is C=C1C=CCCC2=CC(C/C=C\1)CC2=C.CC. The lowest BCUT2D eigenvalue weighted by Gasteiger charge is -2.03. The van der Waals surface area contributed by atoms with Gasteiger partial charge < -0.3 is 0 Å². The van der Waals surface area contributed by atoms with Crippen molar-refractivity contribution in [2.75, 3.05) is 0 Å². The Kier molecular flexibility index (Phi) is 5.76. The van der Waals surface area contributed by atoms with Crippen LogP contribution in [0, 0.1) is 5.92 Å². The van der Waals surface area contributed by atoms with Crippen molar-refractivity contribution in [1.29, 1.82) is 0 Å². The first kappa shape index (κ1) is 13.8. The van der Waals surface area contributed by atoms with Crippen LogP contribution in [-0.4, -0.2) is 0 Å². The molecule has 2 aliphatic rings. The topological polar surface area (TPSA) is 0 Å². The van der Waals surface area contributed by atoms with Gasteiger partial charge in [-0.3, -0.25) is 0 Å². The van der Waals surface area contributed by atoms with Gasteiger partial charge in [0, 0.05) is 0 Å². The van der Waals surface area contributed by atoms with Crippen molar-refractivity contribution in [3.8, 4) is 0 Å². The van der Waals surface area contributed by atoms with Crippen LogP contribution in [0.1, 0.15) is 39.5 Å². The molecule has 0 spiro atoms. The summed E-state index contributed by atoms with van der Waals surface area (Å²) in [5, 5.41) is 0. The number of allylic oxidation sites excluding steroid dienone is 8. The Hall–Kier alpha value is -1.30. The second-order valence-corrected chi connectivity index (χ2v) is 4.41. The van der Waals surface area contributed by atoms with E-state index in [4.69, 9.17) is 0 Å². The van der Waals surface area contributed by atoms with Crippen molar-refractivity contribution >= 4 is 0 Å². The quantitative estimate of drug-likeness (QED) is 0.523. The Morgan fingerprint density at radius 1 is 1.12 bits per heavy atom. The number of fused-ring (bicyclic) bond motifs is 1. The molecule has 0 N–H and O–H groups in total. The fourth-order valence-electron chi connectivity index (χ4n) is 2.24. The van der Waals surface area contributed by atoms with Crippen molar-refractivity contribution in [2.45, 2.75) is 39.5 Å². The summed E-state index contributed by atoms with van der Waals surface area (Å²) in [7, 11) is 0. The van der Waals surface area contributed by atoms with Crippen LogP contribution < -0.4 is 0 Å². The molecule has 0 saturated heterocycles. The van der Waals surface area contributed by atoms with Crippen LogP contribution in [0.3, 0.4) is 0 Å². The Bertz CT molecular complexity index is 363. The van der Waals surface area contributed by atoms with Crippen LogP contribution in [0.4, 0.5) is 0 Å². The highest BCUT2D eigenvalue weighted by Crippen LogP contribution is 2.33. The first-order valence-corrected chi connectivity index (χ1v) is 6.66. The van der Waals surface area contributed by atoms with Gasteiger partial charge in [-0.1, -0.05) is 63.0 Å². The third kappa shape index (κ3) is 4.22. The fourth-order valence-corrected chi connectivity index (χ4v) is 2.24. The van der Waals surface area contributed by atoms with E-state index in [9.17, 15) is 0 Å². The van der Waals surface area contributed by atoms with Crippen LogP contribution >= 0.6 is 0 Å². The van der Waals surface area contributed by atoms with Crippen molar-refractivity contribution in [2.24, 2.45) is 5.92 Å². The molecule has 0 aliphatic heterocycles. The van der Waals surface area contributed by atoms with Gasteiger partial charge in [0.25, 0.3) is 0 Å². The van der Waals surface area contributed by atoms with E-state index in [0.29, 0.717) is 5.92 Å². The van der Waals surface area contributed by atoms with Gasteiger partial charge in [-0.25, -0.2) is 0 Å². The summed E-state index contributed by atoms with van der Waals surface area (Å²) >= 11 is 0. The third-order valence-electron chi connectivity index (χ3n) is 3.08. The zero-order chi connectivity index (χ0) is 12.7. The van der Waals surface area contributed by atoms with Crippen molar-refractivity contribution in [3.05, 3.63) is 60.3 Å². The molecular formula is C17H24. The molecule has 17 heavy (non-hydrogen) atoms. The van der Waals surface area contributed by atoms with Gasteiger partial charge in [0.1, 0.15) is 0 Å². The maximum absolute atomic E-state index is 4.15. The zero-order valence-electron chi connectivity index (χ0n) is 11.2. The third-order valence-corrected chi connectivity index (χ3v) is 3.08. The summed E-state index contributed by atoms with van der Waals surface area (Å²) in [4.78, 5) is 0. The standard InChI is InChI=1S/C15H18.C2H6/c1-12-6-3-4-9-15-11-14(8-5-7-12)10-13(15)2;1-2/h3,5-7,11,14H,1-2,4,8-10H2;1-2H3/b6-3?,7-5-;. The molecule has 0 aromatic rings. The molecule has 0 amide bonds. The molecule has 0 fully saturated rings. The van der Waals surface area contributed by atoms with Crippen LogP contribution in [0.25, 0.3) is 0 Å². The van der Waals surface area contributed by atoms with Crippen molar-refractivity contribution < 1.29 is 0 Å². The van der Waals surface area contributed by atoms with E-state index in [1.54, 1.807) is 0 Å². The predicted molar refractivity (Wildman–Crippen MR) is 77.9 cm³/mol. The minimum absolute atomic E-state index is 0.676. The summed E-state index contributed by atoms with van der Waals surface area (Å²) in [6, 6.07) is 0. The van der Waals surface area contributed by atoms with E-state index >= 15 is 0 Å². The van der Waals surface area contributed by atoms with Gasteiger partial charge in [-0.2, -0.15) is 0 Å². The van der Waals surface area contributed by atoms with Crippen molar-refractivity contribution in [1.82, 2.24) is 0 Å². The lowest BCUT2D eigenvalue weighted by Crippen LogP contribution is -1.88. The van der Waals surface area contributed by atoms with Crippen LogP contribution in [-0.2, 0) is 0 Å². The highest BCUT2D eigenvalue weighted by Gasteiger charge is 2.17. The van der Waals surface area contributed by atoms with E-state index in [-0.39, 0.29) is 0 Å². The highest BCUT2D eigenvalue weighted by molar-refractivity contribution is 5.37. The number of hydrogen-bond donors (Lipinski definition) is 0. The minimum Gasteiger partial charge on any atom is -0.0955 e. The van der Waals surface area contributed by atoms with Gasteiger partial charge >= 0.3 is 0 Å². The molecule has 0 aromatic carbocycles. The van der Waals surface area contributed by atoms with E-state index in [2.05, 4.69) is 43.5 Å². The predicted octanol–water partition coefficient (Wildman–Crippen LogP) is 5.37. The molecule has 2 rings (SSSR count). The first-order valence-electron chi connectivity index (χ1n) is 6.66. The molecule has 1 unspecified atom stereocenters. The average Bonchev–Trinajstić information content (AvgIpc) is 2.65. The number of hydrogen-bond acceptors (Lipinski definition) is 0. The van der Waals surface area contributed by atoms with Gasteiger partial charge in [0.2, 0.25) is 0 Å². The van der Waals surface area contributed by atoms with Crippen LogP contribution in [0.5, 0.6) is 0 Å². The summed E-state index contributed by atoms with van der Waals surface area (Å²) in [5.74, 6) is 0.676. The second-order valence-electron chi connectivity index (χ2n) is 4.41. The molecule has 0 heterocycles. The molecular weight excluding hydrogens is 204 g/mol. The zero-order valence-corrected chi connectivity index (χ0v) is 11.2. The monoisotopic (exact) mass is 228 g/mol. The normalized spacial score (nSPS) is 25.5. The van der Waals surface area contributed by atoms with Gasteiger partial charge in [-0.15, -0.1) is 0 Å². The summed E-state index contributed by atoms with van der Waals surface area (Å²) in [5.41, 5.74) is 3.93. The summed E-state index contributed by atoms with van der Waals surface area (Å²) < 4.78 is 0. The maximum atomic E-state index is 4.15. The van der Waals surface area contributed by atoms with E-state index in [1.807, 2.05) is 13.8 Å². The van der Waals surface area contributed by atoms with Gasteiger partial charge in [0.05, 0.1) is 0 Å². The van der Waals surface area contributed by atoms with E-state index < -0.39 is 0 Å². The lowest BCUT2D eigenvalue weighted by atomic mass is 10.0. The minimum atomic E-state index is 0.676. The summed E-state index contributed by atoms with van der Waals surface area (Å²) in [6.07, 6.45) is 15.6. The van der Waals surface area contributed by atoms with Crippen LogP contribution in [0.2, 0.25) is 0 Å². The maximum Gasteiger partial charge on any atom is -0.0153 e. The Balaban J connectivity index is 0.000000686. The Morgan fingerprint density at radius 3 is 2.59 bits per heavy atom. The molecule has 0 saturated carbocycles. The number of rotatable bonds is 0. The molecule has 0 heteroatoms. The van der Waals surface area contributed by atoms with E-state index in [1.165, 1.54) is 11.1 Å². The lowest BCUT2D eigenvalue weighted by molar-refractivity contribution is 0.688. The first-order chi connectivity index (χ1) is 8.25. The molecule has 0 nitrogen and oxygen atoms in total.